The van der Waals surface area contributed by atoms with Crippen molar-refractivity contribution >= 4 is 21.6 Å². The van der Waals surface area contributed by atoms with Gasteiger partial charge in [0.05, 0.1) is 23.8 Å². The molecule has 0 atom stereocenters. The molecule has 36 heavy (non-hydrogen) atoms. The number of amides is 1. The number of halogens is 1. The standard InChI is InChI=1S/C27H31FN2O5S/c1-3-34-24-15-13-23(14-16-24)30(36(32,33)25-17-11-22(28)12-18-25)20-27(31)29-19-7-9-21-8-5-6-10-26(21)35-4-2/h5-6,8,10-18H,3-4,7,9,19-20H2,1-2H3,(H,29,31). The first-order valence-corrected chi connectivity index (χ1v) is 13.3. The molecule has 9 heteroatoms. The monoisotopic (exact) mass is 514 g/mol. The van der Waals surface area contributed by atoms with E-state index in [4.69, 9.17) is 9.47 Å². The number of benzene rings is 3. The van der Waals surface area contributed by atoms with Gasteiger partial charge in [-0.3, -0.25) is 9.10 Å². The van der Waals surface area contributed by atoms with Crippen LogP contribution in [0.25, 0.3) is 0 Å². The van der Waals surface area contributed by atoms with Crippen molar-refractivity contribution in [2.75, 3.05) is 30.6 Å². The third kappa shape index (κ3) is 7.21. The Morgan fingerprint density at radius 2 is 1.58 bits per heavy atom. The highest BCUT2D eigenvalue weighted by atomic mass is 32.2. The van der Waals surface area contributed by atoms with Crippen LogP contribution in [0.5, 0.6) is 11.5 Å². The Morgan fingerprint density at radius 1 is 0.917 bits per heavy atom. The van der Waals surface area contributed by atoms with Crippen molar-refractivity contribution in [2.24, 2.45) is 0 Å². The molecule has 0 bridgehead atoms. The molecule has 0 spiro atoms. The highest BCUT2D eigenvalue weighted by molar-refractivity contribution is 7.92. The largest absolute Gasteiger partial charge is 0.494 e. The summed E-state index contributed by atoms with van der Waals surface area (Å²) in [7, 11) is -4.13. The van der Waals surface area contributed by atoms with E-state index in [0.29, 0.717) is 44.0 Å². The lowest BCUT2D eigenvalue weighted by Gasteiger charge is -2.24. The van der Waals surface area contributed by atoms with Crippen molar-refractivity contribution < 1.29 is 27.1 Å². The third-order valence-electron chi connectivity index (χ3n) is 5.34. The Bertz CT molecular complexity index is 1230. The second-order valence-corrected chi connectivity index (χ2v) is 9.75. The summed E-state index contributed by atoms with van der Waals surface area (Å²) < 4.78 is 52.2. The van der Waals surface area contributed by atoms with Crippen LogP contribution >= 0.6 is 0 Å². The molecule has 0 aromatic heterocycles. The van der Waals surface area contributed by atoms with E-state index >= 15 is 0 Å². The van der Waals surface area contributed by atoms with Gasteiger partial charge in [0.15, 0.2) is 0 Å². The molecule has 0 radical (unpaired) electrons. The summed E-state index contributed by atoms with van der Waals surface area (Å²) in [6, 6.07) is 18.7. The van der Waals surface area contributed by atoms with E-state index in [1.807, 2.05) is 38.1 Å². The topological polar surface area (TPSA) is 84.9 Å². The predicted molar refractivity (Wildman–Crippen MR) is 137 cm³/mol. The van der Waals surface area contributed by atoms with E-state index in [1.165, 1.54) is 12.1 Å². The quantitative estimate of drug-likeness (QED) is 0.338. The van der Waals surface area contributed by atoms with Crippen LogP contribution < -0.4 is 19.1 Å². The number of carbonyl (C=O) groups excluding carboxylic acids is 1. The molecule has 7 nitrogen and oxygen atoms in total. The molecular weight excluding hydrogens is 483 g/mol. The summed E-state index contributed by atoms with van der Waals surface area (Å²) in [5.74, 6) is 0.397. The first-order chi connectivity index (χ1) is 17.3. The maximum absolute atomic E-state index is 13.4. The lowest BCUT2D eigenvalue weighted by Crippen LogP contribution is -2.41. The molecule has 3 aromatic carbocycles. The van der Waals surface area contributed by atoms with Crippen LogP contribution in [0.1, 0.15) is 25.8 Å². The van der Waals surface area contributed by atoms with Crippen molar-refractivity contribution in [3.05, 3.63) is 84.2 Å². The van der Waals surface area contributed by atoms with Crippen molar-refractivity contribution in [3.63, 3.8) is 0 Å². The molecule has 0 fully saturated rings. The van der Waals surface area contributed by atoms with Crippen molar-refractivity contribution in [1.82, 2.24) is 5.32 Å². The molecular formula is C27H31FN2O5S. The highest BCUT2D eigenvalue weighted by Crippen LogP contribution is 2.26. The van der Waals surface area contributed by atoms with Crippen LogP contribution in [-0.4, -0.2) is 40.6 Å². The number of nitrogens with one attached hydrogen (secondary N) is 1. The Hall–Kier alpha value is -3.59. The van der Waals surface area contributed by atoms with E-state index in [2.05, 4.69) is 5.32 Å². The van der Waals surface area contributed by atoms with Gasteiger partial charge in [0, 0.05) is 6.54 Å². The van der Waals surface area contributed by atoms with Gasteiger partial charge in [0.25, 0.3) is 10.0 Å². The number of hydrogen-bond donors (Lipinski definition) is 1. The van der Waals surface area contributed by atoms with E-state index in [9.17, 15) is 17.6 Å². The smallest absolute Gasteiger partial charge is 0.264 e. The van der Waals surface area contributed by atoms with Gasteiger partial charge in [-0.15, -0.1) is 0 Å². The van der Waals surface area contributed by atoms with E-state index < -0.39 is 28.3 Å². The molecule has 3 rings (SSSR count). The number of rotatable bonds is 13. The van der Waals surface area contributed by atoms with E-state index in [0.717, 1.165) is 27.8 Å². The number of para-hydroxylation sites is 1. The Labute approximate surface area is 211 Å². The fraction of sp³-hybridized carbons (Fsp3) is 0.296. The average molecular weight is 515 g/mol. The maximum atomic E-state index is 13.4. The number of carbonyl (C=O) groups is 1. The Balaban J connectivity index is 1.71. The van der Waals surface area contributed by atoms with Crippen LogP contribution in [0.2, 0.25) is 0 Å². The molecule has 0 heterocycles. The fourth-order valence-electron chi connectivity index (χ4n) is 3.62. The van der Waals surface area contributed by atoms with Gasteiger partial charge in [-0.25, -0.2) is 12.8 Å². The molecule has 1 amide bonds. The second-order valence-electron chi connectivity index (χ2n) is 7.89. The van der Waals surface area contributed by atoms with Gasteiger partial charge in [0.2, 0.25) is 5.91 Å². The molecule has 0 aliphatic carbocycles. The molecule has 0 aliphatic rings. The number of nitrogens with zero attached hydrogens (tertiary/aromatic N) is 1. The van der Waals surface area contributed by atoms with Crippen molar-refractivity contribution in [2.45, 2.75) is 31.6 Å². The third-order valence-corrected chi connectivity index (χ3v) is 7.13. The summed E-state index contributed by atoms with van der Waals surface area (Å²) in [4.78, 5) is 12.7. The van der Waals surface area contributed by atoms with Gasteiger partial charge >= 0.3 is 0 Å². The molecule has 0 unspecified atom stereocenters. The zero-order valence-electron chi connectivity index (χ0n) is 20.4. The molecule has 192 valence electrons. The second kappa shape index (κ2) is 12.9. The first kappa shape index (κ1) is 27.0. The summed E-state index contributed by atoms with van der Waals surface area (Å²) >= 11 is 0. The van der Waals surface area contributed by atoms with E-state index in [1.54, 1.807) is 24.3 Å². The normalized spacial score (nSPS) is 11.1. The Kier molecular flexibility index (Phi) is 9.69. The van der Waals surface area contributed by atoms with Gasteiger partial charge in [-0.05, 0) is 86.8 Å². The average Bonchev–Trinajstić information content (AvgIpc) is 2.87. The van der Waals surface area contributed by atoms with Gasteiger partial charge in [0.1, 0.15) is 23.9 Å². The lowest BCUT2D eigenvalue weighted by atomic mass is 10.1. The van der Waals surface area contributed by atoms with Gasteiger partial charge in [-0.1, -0.05) is 18.2 Å². The van der Waals surface area contributed by atoms with Crippen LogP contribution in [0.3, 0.4) is 0 Å². The summed E-state index contributed by atoms with van der Waals surface area (Å²) in [5, 5.41) is 2.80. The SMILES string of the molecule is CCOc1ccc(N(CC(=O)NCCCc2ccccc2OCC)S(=O)(=O)c2ccc(F)cc2)cc1. The number of aryl methyl sites for hydroxylation is 1. The molecule has 3 aromatic rings. The van der Waals surface area contributed by atoms with Crippen LogP contribution in [0.15, 0.2) is 77.7 Å². The summed E-state index contributed by atoms with van der Waals surface area (Å²) in [6.07, 6.45) is 1.36. The maximum Gasteiger partial charge on any atom is 0.264 e. The number of anilines is 1. The molecule has 1 N–H and O–H groups in total. The number of sulfonamides is 1. The fourth-order valence-corrected chi connectivity index (χ4v) is 5.04. The summed E-state index contributed by atoms with van der Waals surface area (Å²) in [5.41, 5.74) is 1.34. The van der Waals surface area contributed by atoms with Crippen LogP contribution in [0.4, 0.5) is 10.1 Å². The Morgan fingerprint density at radius 3 is 2.25 bits per heavy atom. The molecule has 0 aliphatic heterocycles. The van der Waals surface area contributed by atoms with Crippen molar-refractivity contribution in [3.8, 4) is 11.5 Å². The first-order valence-electron chi connectivity index (χ1n) is 11.8. The lowest BCUT2D eigenvalue weighted by molar-refractivity contribution is -0.119. The highest BCUT2D eigenvalue weighted by Gasteiger charge is 2.27. The molecule has 0 saturated carbocycles. The van der Waals surface area contributed by atoms with Crippen molar-refractivity contribution in [1.29, 1.82) is 0 Å². The van der Waals surface area contributed by atoms with E-state index in [-0.39, 0.29) is 4.90 Å². The van der Waals surface area contributed by atoms with Crippen LogP contribution in [0, 0.1) is 5.82 Å². The minimum absolute atomic E-state index is 0.113. The van der Waals surface area contributed by atoms with Crippen LogP contribution in [-0.2, 0) is 21.2 Å². The number of hydrogen-bond acceptors (Lipinski definition) is 5. The van der Waals surface area contributed by atoms with Gasteiger partial charge < -0.3 is 14.8 Å². The minimum atomic E-state index is -4.13. The predicted octanol–water partition coefficient (Wildman–Crippen LogP) is 4.57. The minimum Gasteiger partial charge on any atom is -0.494 e. The number of ether oxygens (including phenoxy) is 2. The summed E-state index contributed by atoms with van der Waals surface area (Å²) in [6.45, 7) is 4.74. The molecule has 0 saturated heterocycles. The van der Waals surface area contributed by atoms with Gasteiger partial charge in [-0.2, -0.15) is 0 Å². The zero-order chi connectivity index (χ0) is 26.0. The zero-order valence-corrected chi connectivity index (χ0v) is 21.3.